The molecule has 0 unspecified atom stereocenters. The lowest BCUT2D eigenvalue weighted by Crippen LogP contribution is -2.48. The molecule has 1 heterocycles. The highest BCUT2D eigenvalue weighted by Crippen LogP contribution is 2.26. The number of thioether (sulfide) groups is 1. The summed E-state index contributed by atoms with van der Waals surface area (Å²) < 4.78 is 0. The third-order valence-corrected chi connectivity index (χ3v) is 5.18. The van der Waals surface area contributed by atoms with Gasteiger partial charge in [-0.2, -0.15) is 17.0 Å². The Morgan fingerprint density at radius 3 is 2.53 bits per heavy atom. The van der Waals surface area contributed by atoms with Crippen LogP contribution in [0.3, 0.4) is 0 Å². The van der Waals surface area contributed by atoms with Crippen molar-refractivity contribution in [1.82, 2.24) is 10.6 Å². The van der Waals surface area contributed by atoms with Crippen molar-refractivity contribution in [3.63, 3.8) is 0 Å². The molecular formula is C14H23N3OS. The van der Waals surface area contributed by atoms with Gasteiger partial charge in [0, 0.05) is 0 Å². The summed E-state index contributed by atoms with van der Waals surface area (Å²) in [5.41, 5.74) is -0.591. The van der Waals surface area contributed by atoms with Gasteiger partial charge in [0.2, 0.25) is 5.91 Å². The van der Waals surface area contributed by atoms with Crippen LogP contribution >= 0.6 is 11.8 Å². The normalized spacial score (nSPS) is 22.9. The summed E-state index contributed by atoms with van der Waals surface area (Å²) >= 11 is 1.69. The lowest BCUT2D eigenvalue weighted by molar-refractivity contribution is -0.120. The Morgan fingerprint density at radius 1 is 1.32 bits per heavy atom. The van der Waals surface area contributed by atoms with Crippen molar-refractivity contribution in [2.24, 2.45) is 5.92 Å². The van der Waals surface area contributed by atoms with Gasteiger partial charge in [-0.25, -0.2) is 0 Å². The number of hydrogen-bond acceptors (Lipinski definition) is 4. The zero-order valence-electron chi connectivity index (χ0n) is 11.4. The third kappa shape index (κ3) is 4.39. The van der Waals surface area contributed by atoms with Crippen molar-refractivity contribution in [3.8, 4) is 6.07 Å². The van der Waals surface area contributed by atoms with Crippen molar-refractivity contribution in [2.45, 2.75) is 44.1 Å². The molecular weight excluding hydrogens is 258 g/mol. The maximum atomic E-state index is 12.0. The summed E-state index contributed by atoms with van der Waals surface area (Å²) in [5, 5.41) is 15.6. The summed E-state index contributed by atoms with van der Waals surface area (Å²) in [5.74, 6) is 2.28. The third-order valence-electron chi connectivity index (χ3n) is 4.00. The zero-order valence-corrected chi connectivity index (χ0v) is 12.2. The second-order valence-corrected chi connectivity index (χ2v) is 6.73. The van der Waals surface area contributed by atoms with Crippen LogP contribution < -0.4 is 10.6 Å². The molecule has 1 aliphatic carbocycles. The van der Waals surface area contributed by atoms with E-state index in [1.165, 1.54) is 12.8 Å². The van der Waals surface area contributed by atoms with Gasteiger partial charge < -0.3 is 10.6 Å². The van der Waals surface area contributed by atoms with Gasteiger partial charge in [0.15, 0.2) is 0 Å². The molecule has 0 aromatic carbocycles. The predicted octanol–water partition coefficient (Wildman–Crippen LogP) is 1.67. The first-order valence-corrected chi connectivity index (χ1v) is 8.40. The van der Waals surface area contributed by atoms with E-state index in [9.17, 15) is 10.1 Å². The summed E-state index contributed by atoms with van der Waals surface area (Å²) in [4.78, 5) is 12.0. The second-order valence-electron chi connectivity index (χ2n) is 5.70. The number of nitriles is 1. The maximum Gasteiger partial charge on any atom is 0.231 e. The molecule has 1 aliphatic heterocycles. The highest BCUT2D eigenvalue weighted by Gasteiger charge is 2.32. The Balaban J connectivity index is 1.73. The molecule has 0 aromatic rings. The number of nitrogens with zero attached hydrogens (tertiary/aromatic N) is 1. The Bertz CT molecular complexity index is 341. The van der Waals surface area contributed by atoms with E-state index in [-0.39, 0.29) is 5.91 Å². The molecule has 2 aliphatic rings. The fraction of sp³-hybridized carbons (Fsp3) is 0.857. The largest absolute Gasteiger partial charge is 0.337 e. The van der Waals surface area contributed by atoms with E-state index in [4.69, 9.17) is 0 Å². The molecule has 2 rings (SSSR count). The number of rotatable bonds is 5. The van der Waals surface area contributed by atoms with Crippen LogP contribution in [0.25, 0.3) is 0 Å². The van der Waals surface area contributed by atoms with E-state index < -0.39 is 5.54 Å². The molecule has 2 fully saturated rings. The average Bonchev–Trinajstić information content (AvgIpc) is 2.58. The van der Waals surface area contributed by atoms with Crippen LogP contribution in [-0.2, 0) is 4.79 Å². The maximum absolute atomic E-state index is 12.0. The van der Waals surface area contributed by atoms with Gasteiger partial charge in [-0.15, -0.1) is 0 Å². The van der Waals surface area contributed by atoms with Gasteiger partial charge in [-0.1, -0.05) is 25.7 Å². The molecule has 2 N–H and O–H groups in total. The van der Waals surface area contributed by atoms with Crippen LogP contribution in [0.1, 0.15) is 38.5 Å². The SMILES string of the molecule is N#CC1(NC(=O)CSCC2CNC2)CCCCCC1. The number of nitrogens with one attached hydrogen (secondary N) is 2. The van der Waals surface area contributed by atoms with E-state index in [0.717, 1.165) is 50.4 Å². The molecule has 0 spiro atoms. The number of hydrogen-bond donors (Lipinski definition) is 2. The van der Waals surface area contributed by atoms with Crippen LogP contribution in [0.15, 0.2) is 0 Å². The lowest BCUT2D eigenvalue weighted by Gasteiger charge is -2.28. The van der Waals surface area contributed by atoms with Gasteiger partial charge in [0.25, 0.3) is 0 Å². The van der Waals surface area contributed by atoms with E-state index >= 15 is 0 Å². The molecule has 19 heavy (non-hydrogen) atoms. The summed E-state index contributed by atoms with van der Waals surface area (Å²) in [6.07, 6.45) is 6.09. The summed E-state index contributed by atoms with van der Waals surface area (Å²) in [6.45, 7) is 2.16. The number of carbonyl (C=O) groups excluding carboxylic acids is 1. The van der Waals surface area contributed by atoms with Crippen LogP contribution in [0.4, 0.5) is 0 Å². The summed E-state index contributed by atoms with van der Waals surface area (Å²) in [7, 11) is 0. The Hall–Kier alpha value is -0.730. The predicted molar refractivity (Wildman–Crippen MR) is 77.9 cm³/mol. The van der Waals surface area contributed by atoms with Crippen molar-refractivity contribution < 1.29 is 4.79 Å². The van der Waals surface area contributed by atoms with E-state index in [1.54, 1.807) is 11.8 Å². The molecule has 4 nitrogen and oxygen atoms in total. The number of amides is 1. The van der Waals surface area contributed by atoms with Crippen LogP contribution in [0.5, 0.6) is 0 Å². The topological polar surface area (TPSA) is 64.9 Å². The van der Waals surface area contributed by atoms with Gasteiger partial charge >= 0.3 is 0 Å². The van der Waals surface area contributed by atoms with Crippen LogP contribution in [0, 0.1) is 17.2 Å². The minimum Gasteiger partial charge on any atom is -0.337 e. The highest BCUT2D eigenvalue weighted by atomic mass is 32.2. The highest BCUT2D eigenvalue weighted by molar-refractivity contribution is 7.99. The van der Waals surface area contributed by atoms with E-state index in [0.29, 0.717) is 5.75 Å². The van der Waals surface area contributed by atoms with Gasteiger partial charge in [-0.05, 0) is 37.6 Å². The minimum atomic E-state index is -0.591. The van der Waals surface area contributed by atoms with Gasteiger partial charge in [0.1, 0.15) is 5.54 Å². The smallest absolute Gasteiger partial charge is 0.231 e. The Labute approximate surface area is 119 Å². The molecule has 0 bridgehead atoms. The van der Waals surface area contributed by atoms with Crippen LogP contribution in [-0.4, -0.2) is 36.0 Å². The van der Waals surface area contributed by atoms with Crippen molar-refractivity contribution >= 4 is 17.7 Å². The lowest BCUT2D eigenvalue weighted by atomic mass is 9.92. The van der Waals surface area contributed by atoms with Crippen molar-refractivity contribution in [3.05, 3.63) is 0 Å². The fourth-order valence-corrected chi connectivity index (χ4v) is 3.63. The van der Waals surface area contributed by atoms with E-state index in [1.807, 2.05) is 0 Å². The first-order valence-electron chi connectivity index (χ1n) is 7.25. The second kappa shape index (κ2) is 7.16. The van der Waals surface area contributed by atoms with Crippen molar-refractivity contribution in [1.29, 1.82) is 5.26 Å². The van der Waals surface area contributed by atoms with Gasteiger partial charge in [0.05, 0.1) is 11.8 Å². The molecule has 1 saturated carbocycles. The first-order chi connectivity index (χ1) is 9.24. The van der Waals surface area contributed by atoms with Gasteiger partial charge in [-0.3, -0.25) is 4.79 Å². The molecule has 0 atom stereocenters. The Morgan fingerprint density at radius 2 is 2.00 bits per heavy atom. The molecule has 1 saturated heterocycles. The molecule has 0 radical (unpaired) electrons. The standard InChI is InChI=1S/C14H23N3OS/c15-11-14(5-3-1-2-4-6-14)17-13(18)10-19-9-12-7-16-8-12/h12,16H,1-10H2,(H,17,18). The molecule has 106 valence electrons. The summed E-state index contributed by atoms with van der Waals surface area (Å²) in [6, 6.07) is 2.36. The fourth-order valence-electron chi connectivity index (χ4n) is 2.68. The van der Waals surface area contributed by atoms with Crippen molar-refractivity contribution in [2.75, 3.05) is 24.6 Å². The zero-order chi connectivity index (χ0) is 13.6. The van der Waals surface area contributed by atoms with Crippen LogP contribution in [0.2, 0.25) is 0 Å². The Kier molecular flexibility index (Phi) is 5.53. The minimum absolute atomic E-state index is 0.0285. The molecule has 5 heteroatoms. The van der Waals surface area contributed by atoms with E-state index in [2.05, 4.69) is 16.7 Å². The number of carbonyl (C=O) groups is 1. The average molecular weight is 281 g/mol. The quantitative estimate of drug-likeness (QED) is 0.752. The molecule has 0 aromatic heterocycles. The molecule has 1 amide bonds. The first kappa shape index (κ1) is 14.7. The monoisotopic (exact) mass is 281 g/mol.